The van der Waals surface area contributed by atoms with Crippen molar-refractivity contribution in [3.8, 4) is 0 Å². The topological polar surface area (TPSA) is 74.0 Å². The third kappa shape index (κ3) is 6.40. The minimum atomic E-state index is 0. The third-order valence-corrected chi connectivity index (χ3v) is 4.65. The Hall–Kier alpha value is -2.29. The number of amides is 1. The van der Waals surface area contributed by atoms with E-state index in [-0.39, 0.29) is 29.9 Å². The lowest BCUT2D eigenvalue weighted by atomic mass is 10.2. The van der Waals surface area contributed by atoms with Crippen molar-refractivity contribution < 1.29 is 4.79 Å². The van der Waals surface area contributed by atoms with Crippen molar-refractivity contribution in [3.63, 3.8) is 0 Å². The van der Waals surface area contributed by atoms with E-state index < -0.39 is 0 Å². The van der Waals surface area contributed by atoms with Crippen molar-refractivity contribution in [2.75, 3.05) is 42.9 Å². The fourth-order valence-electron chi connectivity index (χ4n) is 3.19. The first-order valence-electron chi connectivity index (χ1n) is 9.33. The molecule has 3 rings (SSSR count). The zero-order chi connectivity index (χ0) is 19.1. The van der Waals surface area contributed by atoms with Gasteiger partial charge in [0.25, 0.3) is 0 Å². The number of aryl methyl sites for hydroxylation is 1. The summed E-state index contributed by atoms with van der Waals surface area (Å²) in [6.45, 7) is 5.62. The van der Waals surface area contributed by atoms with E-state index in [0.717, 1.165) is 37.4 Å². The van der Waals surface area contributed by atoms with Crippen LogP contribution in [-0.4, -0.2) is 49.5 Å². The SMILES string of the molecule is Cc1cccc(NC(N)=NCCC(=O)N2CCN(c3ccccc3)CC2)c1.I. The smallest absolute Gasteiger partial charge is 0.224 e. The van der Waals surface area contributed by atoms with Gasteiger partial charge in [0, 0.05) is 44.0 Å². The molecule has 1 fully saturated rings. The third-order valence-electron chi connectivity index (χ3n) is 4.65. The predicted octanol–water partition coefficient (Wildman–Crippen LogP) is 3.08. The van der Waals surface area contributed by atoms with Crippen molar-refractivity contribution in [2.24, 2.45) is 10.7 Å². The molecular formula is C21H28IN5O. The summed E-state index contributed by atoms with van der Waals surface area (Å²) in [4.78, 5) is 20.9. The molecule has 0 radical (unpaired) electrons. The van der Waals surface area contributed by atoms with Gasteiger partial charge in [-0.1, -0.05) is 30.3 Å². The molecule has 1 heterocycles. The Morgan fingerprint density at radius 3 is 2.46 bits per heavy atom. The van der Waals surface area contributed by atoms with Gasteiger partial charge in [-0.15, -0.1) is 24.0 Å². The molecule has 1 aliphatic heterocycles. The molecule has 0 aromatic heterocycles. The second-order valence-electron chi connectivity index (χ2n) is 6.71. The van der Waals surface area contributed by atoms with E-state index in [2.05, 4.69) is 27.3 Å². The van der Waals surface area contributed by atoms with Gasteiger partial charge in [-0.05, 0) is 36.8 Å². The monoisotopic (exact) mass is 493 g/mol. The summed E-state index contributed by atoms with van der Waals surface area (Å²) in [6.07, 6.45) is 0.377. The van der Waals surface area contributed by atoms with Crippen LogP contribution in [-0.2, 0) is 4.79 Å². The van der Waals surface area contributed by atoms with Crippen LogP contribution in [0.4, 0.5) is 11.4 Å². The average Bonchev–Trinajstić information content (AvgIpc) is 2.69. The van der Waals surface area contributed by atoms with Gasteiger partial charge < -0.3 is 20.9 Å². The maximum atomic E-state index is 12.4. The van der Waals surface area contributed by atoms with Crippen LogP contribution in [0, 0.1) is 6.92 Å². The van der Waals surface area contributed by atoms with Crippen LogP contribution >= 0.6 is 24.0 Å². The number of rotatable bonds is 5. The Morgan fingerprint density at radius 1 is 1.07 bits per heavy atom. The molecule has 150 valence electrons. The summed E-state index contributed by atoms with van der Waals surface area (Å²) in [7, 11) is 0. The van der Waals surface area contributed by atoms with E-state index in [1.807, 2.05) is 54.3 Å². The zero-order valence-corrected chi connectivity index (χ0v) is 18.5. The minimum Gasteiger partial charge on any atom is -0.370 e. The largest absolute Gasteiger partial charge is 0.370 e. The molecule has 0 aliphatic carbocycles. The number of nitrogens with zero attached hydrogens (tertiary/aromatic N) is 3. The van der Waals surface area contributed by atoms with Gasteiger partial charge >= 0.3 is 0 Å². The van der Waals surface area contributed by atoms with E-state index >= 15 is 0 Å². The van der Waals surface area contributed by atoms with Crippen LogP contribution < -0.4 is 16.0 Å². The molecule has 6 nitrogen and oxygen atoms in total. The number of benzene rings is 2. The lowest BCUT2D eigenvalue weighted by molar-refractivity contribution is -0.131. The number of para-hydroxylation sites is 1. The molecule has 1 aliphatic rings. The molecule has 3 N–H and O–H groups in total. The molecule has 0 atom stereocenters. The lowest BCUT2D eigenvalue weighted by Gasteiger charge is -2.36. The molecule has 1 saturated heterocycles. The van der Waals surface area contributed by atoms with E-state index in [9.17, 15) is 4.79 Å². The highest BCUT2D eigenvalue weighted by atomic mass is 127. The number of halogens is 1. The Labute approximate surface area is 183 Å². The van der Waals surface area contributed by atoms with Crippen LogP contribution in [0.25, 0.3) is 0 Å². The van der Waals surface area contributed by atoms with Crippen molar-refractivity contribution >= 4 is 47.2 Å². The minimum absolute atomic E-state index is 0. The summed E-state index contributed by atoms with van der Waals surface area (Å²) in [5, 5.41) is 3.06. The summed E-state index contributed by atoms with van der Waals surface area (Å²) < 4.78 is 0. The maximum absolute atomic E-state index is 12.4. The van der Waals surface area contributed by atoms with Crippen LogP contribution in [0.3, 0.4) is 0 Å². The zero-order valence-electron chi connectivity index (χ0n) is 16.2. The van der Waals surface area contributed by atoms with Crippen LogP contribution in [0.5, 0.6) is 0 Å². The summed E-state index contributed by atoms with van der Waals surface area (Å²) >= 11 is 0. The number of hydrogen-bond acceptors (Lipinski definition) is 3. The van der Waals surface area contributed by atoms with Gasteiger partial charge in [-0.2, -0.15) is 0 Å². The van der Waals surface area contributed by atoms with Crippen molar-refractivity contribution in [1.82, 2.24) is 4.90 Å². The molecule has 1 amide bonds. The number of piperazine rings is 1. The fraction of sp³-hybridized carbons (Fsp3) is 0.333. The highest BCUT2D eigenvalue weighted by molar-refractivity contribution is 14.0. The Balaban J connectivity index is 0.00000280. The number of carbonyl (C=O) groups excluding carboxylic acids is 1. The standard InChI is InChI=1S/C21H27N5O.HI/c1-17-6-5-7-18(16-17)24-21(22)23-11-10-20(27)26-14-12-25(13-15-26)19-8-3-2-4-9-19;/h2-9,16H,10-15H2,1H3,(H3,22,23,24);1H. The second-order valence-corrected chi connectivity index (χ2v) is 6.71. The molecule has 28 heavy (non-hydrogen) atoms. The van der Waals surface area contributed by atoms with Gasteiger partial charge in [0.15, 0.2) is 5.96 Å². The number of hydrogen-bond donors (Lipinski definition) is 2. The van der Waals surface area contributed by atoms with E-state index in [1.54, 1.807) is 0 Å². The predicted molar refractivity (Wildman–Crippen MR) is 127 cm³/mol. The first-order chi connectivity index (χ1) is 13.1. The maximum Gasteiger partial charge on any atom is 0.224 e. The summed E-state index contributed by atoms with van der Waals surface area (Å²) in [6, 6.07) is 18.2. The molecule has 0 bridgehead atoms. The van der Waals surface area contributed by atoms with E-state index in [1.165, 1.54) is 5.69 Å². The number of nitrogens with one attached hydrogen (secondary N) is 1. The van der Waals surface area contributed by atoms with Crippen molar-refractivity contribution in [3.05, 3.63) is 60.2 Å². The molecule has 2 aromatic rings. The molecule has 0 unspecified atom stereocenters. The number of aliphatic imine (C=N–C) groups is 1. The van der Waals surface area contributed by atoms with Gasteiger partial charge in [0.05, 0.1) is 6.54 Å². The van der Waals surface area contributed by atoms with E-state index in [0.29, 0.717) is 18.9 Å². The highest BCUT2D eigenvalue weighted by Gasteiger charge is 2.20. The molecular weight excluding hydrogens is 465 g/mol. The van der Waals surface area contributed by atoms with Crippen LogP contribution in [0.2, 0.25) is 0 Å². The highest BCUT2D eigenvalue weighted by Crippen LogP contribution is 2.16. The number of carbonyl (C=O) groups is 1. The summed E-state index contributed by atoms with van der Waals surface area (Å²) in [5.41, 5.74) is 9.18. The normalized spacial score (nSPS) is 14.4. The first-order valence-corrected chi connectivity index (χ1v) is 9.33. The Kier molecular flexibility index (Phi) is 8.56. The Bertz CT molecular complexity index is 788. The van der Waals surface area contributed by atoms with Crippen molar-refractivity contribution in [2.45, 2.75) is 13.3 Å². The molecule has 0 spiro atoms. The van der Waals surface area contributed by atoms with Gasteiger partial charge in [-0.25, -0.2) is 0 Å². The lowest BCUT2D eigenvalue weighted by Crippen LogP contribution is -2.48. The Morgan fingerprint density at radius 2 is 1.79 bits per heavy atom. The van der Waals surface area contributed by atoms with Crippen LogP contribution in [0.15, 0.2) is 59.6 Å². The van der Waals surface area contributed by atoms with Gasteiger partial charge in [-0.3, -0.25) is 9.79 Å². The number of guanidine groups is 1. The second kappa shape index (κ2) is 10.9. The van der Waals surface area contributed by atoms with Gasteiger partial charge in [0.2, 0.25) is 5.91 Å². The average molecular weight is 493 g/mol. The number of nitrogens with two attached hydrogens (primary N) is 1. The van der Waals surface area contributed by atoms with Crippen LogP contribution in [0.1, 0.15) is 12.0 Å². The molecule has 0 saturated carbocycles. The fourth-order valence-corrected chi connectivity index (χ4v) is 3.19. The molecule has 7 heteroatoms. The quantitative estimate of drug-likeness (QED) is 0.382. The van der Waals surface area contributed by atoms with E-state index in [4.69, 9.17) is 5.73 Å². The summed E-state index contributed by atoms with van der Waals surface area (Å²) in [5.74, 6) is 0.470. The first kappa shape index (κ1) is 22.0. The molecule has 2 aromatic carbocycles. The number of anilines is 2. The van der Waals surface area contributed by atoms with Crippen molar-refractivity contribution in [1.29, 1.82) is 0 Å². The van der Waals surface area contributed by atoms with Gasteiger partial charge in [0.1, 0.15) is 0 Å².